The fourth-order valence-electron chi connectivity index (χ4n) is 1.16. The summed E-state index contributed by atoms with van der Waals surface area (Å²) in [6.45, 7) is 10.8. The zero-order chi connectivity index (χ0) is 9.90. The predicted molar refractivity (Wildman–Crippen MR) is 62.0 cm³/mol. The van der Waals surface area contributed by atoms with Crippen molar-refractivity contribution < 1.29 is 0 Å². The van der Waals surface area contributed by atoms with E-state index in [2.05, 4.69) is 43.3 Å². The Morgan fingerprint density at radius 3 is 2.15 bits per heavy atom. The Morgan fingerprint density at radius 2 is 1.69 bits per heavy atom. The molecule has 1 aromatic rings. The van der Waals surface area contributed by atoms with Gasteiger partial charge in [-0.2, -0.15) is 0 Å². The minimum Gasteiger partial charge on any atom is -0.411 e. The van der Waals surface area contributed by atoms with E-state index in [1.165, 1.54) is 5.56 Å². The van der Waals surface area contributed by atoms with E-state index in [0.29, 0.717) is 0 Å². The molecule has 0 aliphatic rings. The summed E-state index contributed by atoms with van der Waals surface area (Å²) < 4.78 is 0. The zero-order valence-corrected chi connectivity index (χ0v) is 9.59. The highest BCUT2D eigenvalue weighted by atomic mass is 28.3. The van der Waals surface area contributed by atoms with E-state index in [-0.39, 0.29) is 0 Å². The molecule has 1 N–H and O–H groups in total. The Labute approximate surface area is 81.6 Å². The van der Waals surface area contributed by atoms with E-state index < -0.39 is 8.24 Å². The molecule has 13 heavy (non-hydrogen) atoms. The fourth-order valence-corrected chi connectivity index (χ4v) is 2.21. The lowest BCUT2D eigenvalue weighted by atomic mass is 10.2. The van der Waals surface area contributed by atoms with E-state index in [4.69, 9.17) is 0 Å². The topological polar surface area (TPSA) is 12.0 Å². The molecular weight excluding hydrogens is 174 g/mol. The number of benzene rings is 1. The molecular formula is C11H17NSi. The molecule has 0 fully saturated rings. The van der Waals surface area contributed by atoms with Crippen LogP contribution < -0.4 is 4.98 Å². The highest BCUT2D eigenvalue weighted by molar-refractivity contribution is 6.74. The molecule has 0 saturated heterocycles. The summed E-state index contributed by atoms with van der Waals surface area (Å²) >= 11 is 0. The lowest BCUT2D eigenvalue weighted by Gasteiger charge is -2.21. The first-order chi connectivity index (χ1) is 5.99. The summed E-state index contributed by atoms with van der Waals surface area (Å²) in [4.78, 5) is 3.48. The number of nitrogens with one attached hydrogen (secondary N) is 1. The van der Waals surface area contributed by atoms with Crippen LogP contribution in [0.25, 0.3) is 5.70 Å². The van der Waals surface area contributed by atoms with Crippen molar-refractivity contribution in [1.29, 1.82) is 0 Å². The lowest BCUT2D eigenvalue weighted by Crippen LogP contribution is -2.39. The van der Waals surface area contributed by atoms with E-state index in [1.807, 2.05) is 18.2 Å². The van der Waals surface area contributed by atoms with Gasteiger partial charge in [-0.3, -0.25) is 0 Å². The second-order valence-corrected chi connectivity index (χ2v) is 8.97. The minimum absolute atomic E-state index is 1.04. The van der Waals surface area contributed by atoms with Crippen molar-refractivity contribution >= 4 is 13.9 Å². The molecule has 1 rings (SSSR count). The molecule has 70 valence electrons. The van der Waals surface area contributed by atoms with Gasteiger partial charge >= 0.3 is 0 Å². The molecule has 0 atom stereocenters. The monoisotopic (exact) mass is 191 g/mol. The highest BCUT2D eigenvalue weighted by Gasteiger charge is 2.13. The lowest BCUT2D eigenvalue weighted by molar-refractivity contribution is 1.28. The van der Waals surface area contributed by atoms with Crippen molar-refractivity contribution in [3.63, 3.8) is 0 Å². The maximum atomic E-state index is 4.03. The molecule has 0 aliphatic heterocycles. The number of rotatable bonds is 3. The Kier molecular flexibility index (Phi) is 2.93. The van der Waals surface area contributed by atoms with Crippen LogP contribution in [0.5, 0.6) is 0 Å². The van der Waals surface area contributed by atoms with Gasteiger partial charge in [0, 0.05) is 5.70 Å². The SMILES string of the molecule is C=C(N[Si](C)(C)C)c1ccccc1. The van der Waals surface area contributed by atoms with Gasteiger partial charge in [0.1, 0.15) is 8.24 Å². The number of hydrogen-bond donors (Lipinski definition) is 1. The smallest absolute Gasteiger partial charge is 0.144 e. The highest BCUT2D eigenvalue weighted by Crippen LogP contribution is 2.11. The van der Waals surface area contributed by atoms with Crippen LogP contribution in [-0.2, 0) is 0 Å². The van der Waals surface area contributed by atoms with Crippen LogP contribution in [0.1, 0.15) is 5.56 Å². The van der Waals surface area contributed by atoms with Crippen LogP contribution in [-0.4, -0.2) is 8.24 Å². The van der Waals surface area contributed by atoms with Gasteiger partial charge in [0.25, 0.3) is 0 Å². The number of hydrogen-bond acceptors (Lipinski definition) is 1. The van der Waals surface area contributed by atoms with Gasteiger partial charge in [0.15, 0.2) is 0 Å². The van der Waals surface area contributed by atoms with Crippen LogP contribution in [0, 0.1) is 0 Å². The summed E-state index contributed by atoms with van der Waals surface area (Å²) in [6.07, 6.45) is 0. The standard InChI is InChI=1S/C11H17NSi/c1-10(12-13(2,3)4)11-8-6-5-7-9-11/h5-9,12H,1H2,2-4H3. The summed E-state index contributed by atoms with van der Waals surface area (Å²) in [5, 5.41) is 0. The van der Waals surface area contributed by atoms with Gasteiger partial charge in [0.2, 0.25) is 0 Å². The molecule has 0 amide bonds. The van der Waals surface area contributed by atoms with Crippen molar-refractivity contribution in [3.8, 4) is 0 Å². The van der Waals surface area contributed by atoms with E-state index >= 15 is 0 Å². The maximum Gasteiger partial charge on any atom is 0.144 e. The summed E-state index contributed by atoms with van der Waals surface area (Å²) in [6, 6.07) is 10.2. The fraction of sp³-hybridized carbons (Fsp3) is 0.273. The molecule has 0 heterocycles. The normalized spacial score (nSPS) is 11.0. The van der Waals surface area contributed by atoms with Crippen molar-refractivity contribution in [2.75, 3.05) is 0 Å². The molecule has 0 saturated carbocycles. The Balaban J connectivity index is 2.71. The minimum atomic E-state index is -1.25. The summed E-state index contributed by atoms with van der Waals surface area (Å²) in [5.41, 5.74) is 2.23. The van der Waals surface area contributed by atoms with Gasteiger partial charge in [-0.25, -0.2) is 0 Å². The van der Waals surface area contributed by atoms with Crippen molar-refractivity contribution in [2.24, 2.45) is 0 Å². The summed E-state index contributed by atoms with van der Waals surface area (Å²) in [5.74, 6) is 0. The quantitative estimate of drug-likeness (QED) is 0.724. The van der Waals surface area contributed by atoms with Crippen LogP contribution >= 0.6 is 0 Å². The molecule has 1 nitrogen and oxygen atoms in total. The van der Waals surface area contributed by atoms with E-state index in [1.54, 1.807) is 0 Å². The first-order valence-corrected chi connectivity index (χ1v) is 8.01. The van der Waals surface area contributed by atoms with E-state index in [9.17, 15) is 0 Å². The average molecular weight is 191 g/mol. The second-order valence-electron chi connectivity index (χ2n) is 4.22. The second kappa shape index (κ2) is 3.79. The molecule has 0 aromatic heterocycles. The van der Waals surface area contributed by atoms with Crippen LogP contribution in [0.3, 0.4) is 0 Å². The molecule has 0 aliphatic carbocycles. The third-order valence-corrected chi connectivity index (χ3v) is 2.70. The largest absolute Gasteiger partial charge is 0.411 e. The van der Waals surface area contributed by atoms with E-state index in [0.717, 1.165) is 5.70 Å². The van der Waals surface area contributed by atoms with Crippen LogP contribution in [0.2, 0.25) is 19.6 Å². The molecule has 0 bridgehead atoms. The van der Waals surface area contributed by atoms with Gasteiger partial charge in [-0.15, -0.1) is 0 Å². The zero-order valence-electron chi connectivity index (χ0n) is 8.59. The molecule has 0 unspecified atom stereocenters. The predicted octanol–water partition coefficient (Wildman–Crippen LogP) is 3.08. The van der Waals surface area contributed by atoms with Crippen molar-refractivity contribution in [2.45, 2.75) is 19.6 Å². The van der Waals surface area contributed by atoms with Gasteiger partial charge in [0.05, 0.1) is 0 Å². The van der Waals surface area contributed by atoms with Crippen molar-refractivity contribution in [3.05, 3.63) is 42.5 Å². The Morgan fingerprint density at radius 1 is 1.15 bits per heavy atom. The maximum absolute atomic E-state index is 4.03. The first-order valence-electron chi connectivity index (χ1n) is 4.51. The molecule has 2 heteroatoms. The average Bonchev–Trinajstić information content (AvgIpc) is 2.03. The summed E-state index contributed by atoms with van der Waals surface area (Å²) in [7, 11) is -1.25. The molecule has 0 radical (unpaired) electrons. The third kappa shape index (κ3) is 3.47. The van der Waals surface area contributed by atoms with Crippen molar-refractivity contribution in [1.82, 2.24) is 4.98 Å². The van der Waals surface area contributed by atoms with Gasteiger partial charge in [-0.1, -0.05) is 56.6 Å². The third-order valence-electron chi connectivity index (χ3n) is 1.65. The molecule has 1 aromatic carbocycles. The molecule has 0 spiro atoms. The Hall–Kier alpha value is -1.02. The van der Waals surface area contributed by atoms with Gasteiger partial charge in [-0.05, 0) is 5.56 Å². The van der Waals surface area contributed by atoms with Gasteiger partial charge < -0.3 is 4.98 Å². The Bertz CT molecular complexity index is 285. The van der Waals surface area contributed by atoms with Crippen LogP contribution in [0.4, 0.5) is 0 Å². The van der Waals surface area contributed by atoms with Crippen LogP contribution in [0.15, 0.2) is 36.9 Å². The first kappa shape index (κ1) is 10.1.